The zero-order valence-electron chi connectivity index (χ0n) is 9.48. The van der Waals surface area contributed by atoms with Gasteiger partial charge in [0.25, 0.3) is 0 Å². The number of nitrogens with two attached hydrogens (primary N) is 2. The van der Waals surface area contributed by atoms with E-state index in [1.165, 1.54) is 0 Å². The number of aliphatic imine (C=N–C) groups is 1. The Balaban J connectivity index is 3.77. The van der Waals surface area contributed by atoms with Gasteiger partial charge in [-0.2, -0.15) is 11.8 Å². The second-order valence-electron chi connectivity index (χ2n) is 3.29. The number of nitrogens with one attached hydrogen (secondary N) is 1. The third-order valence-corrected chi connectivity index (χ3v) is 2.55. The van der Waals surface area contributed by atoms with Crippen molar-refractivity contribution in [3.8, 4) is 0 Å². The Morgan fingerprint density at radius 1 is 1.56 bits per heavy atom. The lowest BCUT2D eigenvalue weighted by Crippen LogP contribution is -2.38. The smallest absolute Gasteiger partial charge is 0.320 e. The van der Waals surface area contributed by atoms with Crippen LogP contribution >= 0.6 is 11.8 Å². The SMILES string of the molecule is CSCCN[C@@H](CCCN=C(N)N)C(=O)O. The van der Waals surface area contributed by atoms with Gasteiger partial charge in [0.1, 0.15) is 6.04 Å². The molecule has 0 aromatic rings. The normalized spacial score (nSPS) is 12.1. The minimum Gasteiger partial charge on any atom is -0.480 e. The quantitative estimate of drug-likeness (QED) is 0.247. The van der Waals surface area contributed by atoms with Crippen LogP contribution in [0.25, 0.3) is 0 Å². The number of aliphatic carboxylic acids is 1. The van der Waals surface area contributed by atoms with Crippen LogP contribution in [-0.2, 0) is 4.79 Å². The van der Waals surface area contributed by atoms with Crippen LogP contribution in [0.3, 0.4) is 0 Å². The summed E-state index contributed by atoms with van der Waals surface area (Å²) in [4.78, 5) is 14.7. The highest BCUT2D eigenvalue weighted by Crippen LogP contribution is 1.99. The molecule has 0 amide bonds. The van der Waals surface area contributed by atoms with Crippen molar-refractivity contribution in [2.45, 2.75) is 18.9 Å². The van der Waals surface area contributed by atoms with E-state index in [1.807, 2.05) is 6.26 Å². The predicted molar refractivity (Wildman–Crippen MR) is 67.7 cm³/mol. The van der Waals surface area contributed by atoms with E-state index in [2.05, 4.69) is 10.3 Å². The van der Waals surface area contributed by atoms with E-state index in [1.54, 1.807) is 11.8 Å². The Bertz CT molecular complexity index is 232. The number of nitrogens with zero attached hydrogens (tertiary/aromatic N) is 1. The van der Waals surface area contributed by atoms with E-state index in [0.29, 0.717) is 25.9 Å². The first-order chi connectivity index (χ1) is 7.57. The first-order valence-corrected chi connectivity index (χ1v) is 6.47. The predicted octanol–water partition coefficient (Wildman–Crippen LogP) is -0.554. The van der Waals surface area contributed by atoms with Crippen molar-refractivity contribution in [2.75, 3.05) is 25.1 Å². The fourth-order valence-corrected chi connectivity index (χ4v) is 1.47. The molecule has 1 atom stereocenters. The molecule has 0 rings (SSSR count). The average molecular weight is 248 g/mol. The Morgan fingerprint density at radius 3 is 2.75 bits per heavy atom. The monoisotopic (exact) mass is 248 g/mol. The van der Waals surface area contributed by atoms with Crippen LogP contribution in [-0.4, -0.2) is 48.2 Å². The van der Waals surface area contributed by atoms with E-state index in [9.17, 15) is 4.79 Å². The molecule has 0 aromatic heterocycles. The number of thioether (sulfide) groups is 1. The highest BCUT2D eigenvalue weighted by molar-refractivity contribution is 7.98. The summed E-state index contributed by atoms with van der Waals surface area (Å²) in [5.74, 6) is 0.116. The van der Waals surface area contributed by atoms with Gasteiger partial charge in [-0.25, -0.2) is 0 Å². The summed E-state index contributed by atoms with van der Waals surface area (Å²) in [6.45, 7) is 1.16. The van der Waals surface area contributed by atoms with E-state index in [0.717, 1.165) is 5.75 Å². The zero-order valence-corrected chi connectivity index (χ0v) is 10.3. The molecule has 6 nitrogen and oxygen atoms in total. The number of guanidine groups is 1. The molecule has 0 aliphatic rings. The molecular formula is C9H20N4O2S. The Hall–Kier alpha value is -0.950. The van der Waals surface area contributed by atoms with Crippen LogP contribution in [0.4, 0.5) is 0 Å². The summed E-state index contributed by atoms with van der Waals surface area (Å²) in [7, 11) is 0. The van der Waals surface area contributed by atoms with Crippen molar-refractivity contribution in [3.63, 3.8) is 0 Å². The van der Waals surface area contributed by atoms with Crippen LogP contribution in [0, 0.1) is 0 Å². The molecule has 94 valence electrons. The molecule has 0 heterocycles. The molecule has 0 saturated carbocycles. The topological polar surface area (TPSA) is 114 Å². The molecule has 0 bridgehead atoms. The van der Waals surface area contributed by atoms with Gasteiger partial charge in [0, 0.05) is 18.8 Å². The lowest BCUT2D eigenvalue weighted by molar-refractivity contribution is -0.139. The molecule has 0 aliphatic heterocycles. The van der Waals surface area contributed by atoms with Crippen LogP contribution in [0.5, 0.6) is 0 Å². The molecule has 6 N–H and O–H groups in total. The summed E-state index contributed by atoms with van der Waals surface area (Å²) < 4.78 is 0. The van der Waals surface area contributed by atoms with E-state index in [-0.39, 0.29) is 5.96 Å². The number of hydrogen-bond acceptors (Lipinski definition) is 4. The van der Waals surface area contributed by atoms with E-state index < -0.39 is 12.0 Å². The maximum atomic E-state index is 10.9. The molecule has 7 heteroatoms. The molecule has 0 saturated heterocycles. The maximum absolute atomic E-state index is 10.9. The third-order valence-electron chi connectivity index (χ3n) is 1.94. The molecule has 0 aromatic carbocycles. The molecule has 0 aliphatic carbocycles. The lowest BCUT2D eigenvalue weighted by atomic mass is 10.1. The Kier molecular flexibility index (Phi) is 8.74. The van der Waals surface area contributed by atoms with E-state index >= 15 is 0 Å². The van der Waals surface area contributed by atoms with Gasteiger partial charge in [-0.05, 0) is 19.1 Å². The molecule has 16 heavy (non-hydrogen) atoms. The maximum Gasteiger partial charge on any atom is 0.320 e. The second kappa shape index (κ2) is 9.29. The van der Waals surface area contributed by atoms with E-state index in [4.69, 9.17) is 16.6 Å². The minimum absolute atomic E-state index is 0.0437. The standard InChI is InChI=1S/C9H20N4O2S/c1-16-6-5-12-7(8(14)15)3-2-4-13-9(10)11/h7,12H,2-6H2,1H3,(H,14,15)(H4,10,11,13)/t7-/m0/s1. The zero-order chi connectivity index (χ0) is 12.4. The van der Waals surface area contributed by atoms with Crippen molar-refractivity contribution in [2.24, 2.45) is 16.5 Å². The van der Waals surface area contributed by atoms with Crippen molar-refractivity contribution < 1.29 is 9.90 Å². The van der Waals surface area contributed by atoms with Crippen molar-refractivity contribution >= 4 is 23.7 Å². The summed E-state index contributed by atoms with van der Waals surface area (Å²) >= 11 is 1.68. The molecular weight excluding hydrogens is 228 g/mol. The Morgan fingerprint density at radius 2 is 2.25 bits per heavy atom. The van der Waals surface area contributed by atoms with Crippen molar-refractivity contribution in [1.82, 2.24) is 5.32 Å². The molecule has 0 unspecified atom stereocenters. The summed E-state index contributed by atoms with van der Waals surface area (Å²) in [5.41, 5.74) is 10.3. The largest absolute Gasteiger partial charge is 0.480 e. The summed E-state index contributed by atoms with van der Waals surface area (Å²) in [5, 5.41) is 11.9. The second-order valence-corrected chi connectivity index (χ2v) is 4.27. The Labute approximate surface area is 99.9 Å². The van der Waals surface area contributed by atoms with Gasteiger partial charge < -0.3 is 21.9 Å². The van der Waals surface area contributed by atoms with Crippen LogP contribution < -0.4 is 16.8 Å². The van der Waals surface area contributed by atoms with Gasteiger partial charge in [0.2, 0.25) is 0 Å². The van der Waals surface area contributed by atoms with Gasteiger partial charge in [-0.15, -0.1) is 0 Å². The molecule has 0 radical (unpaired) electrons. The van der Waals surface area contributed by atoms with Gasteiger partial charge in [-0.3, -0.25) is 9.79 Å². The van der Waals surface area contributed by atoms with Crippen LogP contribution in [0.1, 0.15) is 12.8 Å². The number of hydrogen-bond donors (Lipinski definition) is 4. The summed E-state index contributed by atoms with van der Waals surface area (Å²) in [6.07, 6.45) is 3.16. The first-order valence-electron chi connectivity index (χ1n) is 5.08. The highest BCUT2D eigenvalue weighted by atomic mass is 32.2. The van der Waals surface area contributed by atoms with Crippen molar-refractivity contribution in [1.29, 1.82) is 0 Å². The molecule has 0 fully saturated rings. The van der Waals surface area contributed by atoms with Gasteiger partial charge in [0.15, 0.2) is 5.96 Å². The average Bonchev–Trinajstić information content (AvgIpc) is 2.21. The van der Waals surface area contributed by atoms with Crippen LogP contribution in [0.2, 0.25) is 0 Å². The summed E-state index contributed by atoms with van der Waals surface area (Å²) in [6, 6.07) is -0.513. The van der Waals surface area contributed by atoms with Crippen molar-refractivity contribution in [3.05, 3.63) is 0 Å². The highest BCUT2D eigenvalue weighted by Gasteiger charge is 2.15. The third kappa shape index (κ3) is 8.37. The van der Waals surface area contributed by atoms with Gasteiger partial charge in [-0.1, -0.05) is 0 Å². The lowest BCUT2D eigenvalue weighted by Gasteiger charge is -2.13. The minimum atomic E-state index is -0.828. The van der Waals surface area contributed by atoms with Gasteiger partial charge in [0.05, 0.1) is 0 Å². The van der Waals surface area contributed by atoms with Gasteiger partial charge >= 0.3 is 5.97 Å². The number of rotatable bonds is 9. The number of carboxylic acids is 1. The first kappa shape index (κ1) is 15.0. The fraction of sp³-hybridized carbons (Fsp3) is 0.778. The number of carbonyl (C=O) groups is 1. The molecule has 0 spiro atoms. The fourth-order valence-electron chi connectivity index (χ4n) is 1.15. The number of carboxylic acid groups (broad SMARTS) is 1. The van der Waals surface area contributed by atoms with Crippen LogP contribution in [0.15, 0.2) is 4.99 Å².